The molecular weight excluding hydrogens is 324 g/mol. The van der Waals surface area contributed by atoms with Crippen LogP contribution in [-0.4, -0.2) is 14.3 Å². The van der Waals surface area contributed by atoms with Gasteiger partial charge in [-0.15, -0.1) is 12.3 Å². The van der Waals surface area contributed by atoms with Gasteiger partial charge in [-0.3, -0.25) is 4.79 Å². The minimum atomic E-state index is -3.75. The molecule has 0 aliphatic rings. The molecular formula is C18H18N2O3S. The maximum Gasteiger partial charge on any atom is 0.238 e. The van der Waals surface area contributed by atoms with Crippen LogP contribution >= 0.6 is 0 Å². The number of hydrogen-bond acceptors (Lipinski definition) is 3. The third-order valence-electron chi connectivity index (χ3n) is 3.53. The Morgan fingerprint density at radius 1 is 1.12 bits per heavy atom. The van der Waals surface area contributed by atoms with Gasteiger partial charge in [0.25, 0.3) is 0 Å². The van der Waals surface area contributed by atoms with Gasteiger partial charge in [-0.2, -0.15) is 0 Å². The summed E-state index contributed by atoms with van der Waals surface area (Å²) in [5, 5.41) is 7.77. The number of sulfonamides is 1. The van der Waals surface area contributed by atoms with E-state index in [1.54, 1.807) is 0 Å². The van der Waals surface area contributed by atoms with Gasteiger partial charge < -0.3 is 5.32 Å². The Bertz CT molecular complexity index is 838. The van der Waals surface area contributed by atoms with Gasteiger partial charge in [0.05, 0.1) is 4.90 Å². The molecule has 0 fully saturated rings. The van der Waals surface area contributed by atoms with Crippen molar-refractivity contribution in [1.29, 1.82) is 0 Å². The number of primary sulfonamides is 1. The van der Waals surface area contributed by atoms with Gasteiger partial charge in [-0.1, -0.05) is 30.3 Å². The second-order valence-corrected chi connectivity index (χ2v) is 6.90. The van der Waals surface area contributed by atoms with E-state index in [2.05, 4.69) is 11.2 Å². The van der Waals surface area contributed by atoms with Crippen LogP contribution in [0.3, 0.4) is 0 Å². The highest BCUT2D eigenvalue weighted by Gasteiger charge is 2.15. The Labute approximate surface area is 141 Å². The number of nitrogens with one attached hydrogen (secondary N) is 1. The van der Waals surface area contributed by atoms with Gasteiger partial charge in [0.2, 0.25) is 15.9 Å². The van der Waals surface area contributed by atoms with Crippen LogP contribution < -0.4 is 10.5 Å². The summed E-state index contributed by atoms with van der Waals surface area (Å²) in [4.78, 5) is 12.2. The maximum absolute atomic E-state index is 12.2. The van der Waals surface area contributed by atoms with Crippen molar-refractivity contribution in [2.45, 2.75) is 23.7 Å². The van der Waals surface area contributed by atoms with Crippen molar-refractivity contribution < 1.29 is 13.2 Å². The summed E-state index contributed by atoms with van der Waals surface area (Å²) >= 11 is 0. The fourth-order valence-corrected chi connectivity index (χ4v) is 2.85. The summed E-state index contributed by atoms with van der Waals surface area (Å²) in [5.74, 6) is 2.34. The predicted molar refractivity (Wildman–Crippen MR) is 93.7 cm³/mol. The Morgan fingerprint density at radius 3 is 2.29 bits per heavy atom. The fraction of sp³-hybridized carbons (Fsp3) is 0.167. The lowest BCUT2D eigenvalue weighted by Crippen LogP contribution is -2.16. The summed E-state index contributed by atoms with van der Waals surface area (Å²) in [6.07, 6.45) is 6.10. The van der Waals surface area contributed by atoms with E-state index in [-0.39, 0.29) is 23.1 Å². The van der Waals surface area contributed by atoms with Crippen molar-refractivity contribution in [1.82, 2.24) is 0 Å². The zero-order valence-electron chi connectivity index (χ0n) is 13.0. The third-order valence-corrected chi connectivity index (χ3v) is 4.46. The molecule has 0 saturated heterocycles. The number of rotatable bonds is 6. The van der Waals surface area contributed by atoms with Crippen LogP contribution in [0.15, 0.2) is 59.5 Å². The lowest BCUT2D eigenvalue weighted by molar-refractivity contribution is -0.116. The number of terminal acetylenes is 1. The van der Waals surface area contributed by atoms with E-state index in [1.807, 2.05) is 30.3 Å². The molecule has 0 radical (unpaired) electrons. The zero-order valence-corrected chi connectivity index (χ0v) is 13.8. The fourth-order valence-electron chi connectivity index (χ4n) is 2.34. The van der Waals surface area contributed by atoms with Gasteiger partial charge >= 0.3 is 0 Å². The number of anilines is 1. The second kappa shape index (κ2) is 7.77. The smallest absolute Gasteiger partial charge is 0.238 e. The number of carbonyl (C=O) groups is 1. The first-order valence-corrected chi connectivity index (χ1v) is 8.86. The average molecular weight is 342 g/mol. The molecule has 0 aliphatic carbocycles. The Kier molecular flexibility index (Phi) is 5.74. The van der Waals surface area contributed by atoms with Crippen molar-refractivity contribution in [3.8, 4) is 12.3 Å². The highest BCUT2D eigenvalue weighted by atomic mass is 32.2. The lowest BCUT2D eigenvalue weighted by atomic mass is 9.92. The summed E-state index contributed by atoms with van der Waals surface area (Å²) in [6, 6.07) is 15.3. The largest absolute Gasteiger partial charge is 0.326 e. The van der Waals surface area contributed by atoms with Crippen LogP contribution in [-0.2, 0) is 14.8 Å². The van der Waals surface area contributed by atoms with Crippen molar-refractivity contribution in [2.75, 3.05) is 5.32 Å². The molecule has 1 atom stereocenters. The molecule has 2 aromatic rings. The van der Waals surface area contributed by atoms with Gasteiger partial charge in [-0.05, 0) is 29.8 Å². The van der Waals surface area contributed by atoms with E-state index >= 15 is 0 Å². The normalized spacial score (nSPS) is 12.2. The summed E-state index contributed by atoms with van der Waals surface area (Å²) < 4.78 is 22.4. The van der Waals surface area contributed by atoms with Gasteiger partial charge in [0, 0.05) is 24.4 Å². The first-order chi connectivity index (χ1) is 11.4. The molecule has 2 aromatic carbocycles. The highest BCUT2D eigenvalue weighted by Crippen LogP contribution is 2.23. The molecule has 0 saturated carbocycles. The second-order valence-electron chi connectivity index (χ2n) is 5.34. The molecule has 0 aromatic heterocycles. The average Bonchev–Trinajstić information content (AvgIpc) is 2.55. The maximum atomic E-state index is 12.2. The molecule has 24 heavy (non-hydrogen) atoms. The number of benzene rings is 2. The minimum Gasteiger partial charge on any atom is -0.326 e. The summed E-state index contributed by atoms with van der Waals surface area (Å²) in [5.41, 5.74) is 1.51. The molecule has 0 unspecified atom stereocenters. The Balaban J connectivity index is 2.05. The van der Waals surface area contributed by atoms with Crippen LogP contribution in [0.25, 0.3) is 0 Å². The molecule has 0 heterocycles. The quantitative estimate of drug-likeness (QED) is 0.790. The molecule has 0 aliphatic heterocycles. The summed E-state index contributed by atoms with van der Waals surface area (Å²) in [6.45, 7) is 0. The molecule has 124 valence electrons. The van der Waals surface area contributed by atoms with E-state index in [0.717, 1.165) is 5.56 Å². The number of carbonyl (C=O) groups excluding carboxylic acids is 1. The van der Waals surface area contributed by atoms with Crippen molar-refractivity contribution in [2.24, 2.45) is 5.14 Å². The van der Waals surface area contributed by atoms with Crippen LogP contribution in [0.5, 0.6) is 0 Å². The van der Waals surface area contributed by atoms with Crippen LogP contribution in [0.1, 0.15) is 24.3 Å². The molecule has 5 nitrogen and oxygen atoms in total. The summed E-state index contributed by atoms with van der Waals surface area (Å²) in [7, 11) is -3.75. The molecule has 0 spiro atoms. The van der Waals surface area contributed by atoms with E-state index in [4.69, 9.17) is 11.6 Å². The van der Waals surface area contributed by atoms with Crippen LogP contribution in [0.2, 0.25) is 0 Å². The Morgan fingerprint density at radius 2 is 1.75 bits per heavy atom. The zero-order chi connectivity index (χ0) is 17.6. The molecule has 6 heteroatoms. The molecule has 3 N–H and O–H groups in total. The molecule has 1 amide bonds. The monoisotopic (exact) mass is 342 g/mol. The van der Waals surface area contributed by atoms with E-state index in [0.29, 0.717) is 12.1 Å². The standard InChI is InChI=1S/C18H18N2O3S/c1-2-6-15(14-7-4-3-5-8-14)13-18(21)20-16-9-11-17(12-10-16)24(19,22)23/h1,3-5,7-12,15H,6,13H2,(H,20,21)(H2,19,22,23)/t15-/m1/s1. The Hall–Kier alpha value is -2.62. The van der Waals surface area contributed by atoms with E-state index in [9.17, 15) is 13.2 Å². The van der Waals surface area contributed by atoms with Crippen molar-refractivity contribution in [3.05, 3.63) is 60.2 Å². The first kappa shape index (κ1) is 17.7. The molecule has 2 rings (SSSR count). The van der Waals surface area contributed by atoms with Gasteiger partial charge in [0.15, 0.2) is 0 Å². The molecule has 0 bridgehead atoms. The lowest BCUT2D eigenvalue weighted by Gasteiger charge is -2.14. The van der Waals surface area contributed by atoms with Crippen molar-refractivity contribution >= 4 is 21.6 Å². The van der Waals surface area contributed by atoms with Crippen LogP contribution in [0.4, 0.5) is 5.69 Å². The van der Waals surface area contributed by atoms with Gasteiger partial charge in [-0.25, -0.2) is 13.6 Å². The number of hydrogen-bond donors (Lipinski definition) is 2. The van der Waals surface area contributed by atoms with Crippen molar-refractivity contribution in [3.63, 3.8) is 0 Å². The highest BCUT2D eigenvalue weighted by molar-refractivity contribution is 7.89. The minimum absolute atomic E-state index is 0.00464. The number of amides is 1. The first-order valence-electron chi connectivity index (χ1n) is 7.31. The topological polar surface area (TPSA) is 89.3 Å². The third kappa shape index (κ3) is 4.95. The van der Waals surface area contributed by atoms with Crippen LogP contribution in [0, 0.1) is 12.3 Å². The SMILES string of the molecule is C#CC[C@H](CC(=O)Nc1ccc(S(N)(=O)=O)cc1)c1ccccc1. The van der Waals surface area contributed by atoms with Gasteiger partial charge in [0.1, 0.15) is 0 Å². The predicted octanol–water partition coefficient (Wildman–Crippen LogP) is 2.47. The van der Waals surface area contributed by atoms with E-state index < -0.39 is 10.0 Å². The number of nitrogens with two attached hydrogens (primary N) is 1. The van der Waals surface area contributed by atoms with E-state index in [1.165, 1.54) is 24.3 Å².